The van der Waals surface area contributed by atoms with Crippen LogP contribution in [0.1, 0.15) is 35.2 Å². The first kappa shape index (κ1) is 20.9. The zero-order chi connectivity index (χ0) is 23.1. The van der Waals surface area contributed by atoms with Gasteiger partial charge >= 0.3 is 0 Å². The maximum Gasteiger partial charge on any atom is 0.263 e. The molecule has 1 aliphatic heterocycles. The topological polar surface area (TPSA) is 51.5 Å². The normalized spacial score (nSPS) is 15.4. The number of hydrogen-bond acceptors (Lipinski definition) is 4. The van der Waals surface area contributed by atoms with Crippen LogP contribution in [0.25, 0.3) is 27.7 Å². The maximum atomic E-state index is 13.7. The fraction of sp³-hybridized carbons (Fsp3) is 0.241. The number of ketones is 1. The Morgan fingerprint density at radius 1 is 0.735 bits per heavy atom. The Morgan fingerprint density at radius 2 is 1.41 bits per heavy atom. The van der Waals surface area contributed by atoms with E-state index >= 15 is 0 Å². The summed E-state index contributed by atoms with van der Waals surface area (Å²) in [4.78, 5) is 29.5. The van der Waals surface area contributed by atoms with Crippen LogP contribution in [-0.4, -0.2) is 41.5 Å². The Kier molecular flexibility index (Phi) is 5.27. The second kappa shape index (κ2) is 8.58. The number of hydrogen-bond donors (Lipinski definition) is 0. The summed E-state index contributed by atoms with van der Waals surface area (Å²) in [6.07, 6.45) is 3.86. The first-order chi connectivity index (χ1) is 16.7. The lowest BCUT2D eigenvalue weighted by Gasteiger charge is -2.26. The largest absolute Gasteiger partial charge is 0.492 e. The van der Waals surface area contributed by atoms with E-state index in [1.54, 1.807) is 10.6 Å². The molecule has 4 aromatic rings. The number of likely N-dealkylation sites (tertiary alicyclic amines) is 1. The zero-order valence-electron chi connectivity index (χ0n) is 19.0. The highest BCUT2D eigenvalue weighted by Crippen LogP contribution is 2.40. The third-order valence-electron chi connectivity index (χ3n) is 6.96. The van der Waals surface area contributed by atoms with Gasteiger partial charge in [0.25, 0.3) is 5.56 Å². The molecule has 0 spiro atoms. The molecule has 0 radical (unpaired) electrons. The summed E-state index contributed by atoms with van der Waals surface area (Å²) in [6, 6.07) is 22.5. The van der Waals surface area contributed by atoms with Gasteiger partial charge < -0.3 is 4.74 Å². The van der Waals surface area contributed by atoms with Crippen molar-refractivity contribution in [2.45, 2.75) is 19.3 Å². The van der Waals surface area contributed by atoms with Crippen molar-refractivity contribution in [3.05, 3.63) is 94.3 Å². The van der Waals surface area contributed by atoms with E-state index in [4.69, 9.17) is 4.74 Å². The Hall–Kier alpha value is -3.70. The van der Waals surface area contributed by atoms with Crippen molar-refractivity contribution in [3.8, 4) is 22.7 Å². The molecule has 6 rings (SSSR count). The number of ether oxygens (including phenoxy) is 1. The number of rotatable bonds is 5. The Bertz CT molecular complexity index is 1450. The van der Waals surface area contributed by atoms with Crippen molar-refractivity contribution >= 4 is 16.6 Å². The molecule has 0 amide bonds. The number of carbonyl (C=O) groups excluding carboxylic acids is 1. The molecule has 5 heteroatoms. The molecular formula is C29H26N2O3. The summed E-state index contributed by atoms with van der Waals surface area (Å²) in [6.45, 7) is 3.88. The third-order valence-corrected chi connectivity index (χ3v) is 6.96. The van der Waals surface area contributed by atoms with Crippen molar-refractivity contribution < 1.29 is 9.53 Å². The molecule has 2 heterocycles. The lowest BCUT2D eigenvalue weighted by molar-refractivity contribution is 0.104. The third kappa shape index (κ3) is 3.44. The number of nitrogens with zero attached hydrogens (tertiary/aromatic N) is 2. The summed E-state index contributed by atoms with van der Waals surface area (Å²) in [5, 5.41) is 1.25. The second-order valence-corrected chi connectivity index (χ2v) is 9.03. The maximum absolute atomic E-state index is 13.7. The van der Waals surface area contributed by atoms with Crippen LogP contribution in [0.2, 0.25) is 0 Å². The molecule has 1 aliphatic carbocycles. The number of pyridine rings is 1. The van der Waals surface area contributed by atoms with E-state index in [1.807, 2.05) is 66.7 Å². The van der Waals surface area contributed by atoms with E-state index in [-0.39, 0.29) is 11.3 Å². The Morgan fingerprint density at radius 3 is 2.18 bits per heavy atom. The van der Waals surface area contributed by atoms with Crippen LogP contribution in [0.4, 0.5) is 0 Å². The van der Waals surface area contributed by atoms with Crippen molar-refractivity contribution in [3.63, 3.8) is 0 Å². The molecule has 0 atom stereocenters. The van der Waals surface area contributed by atoms with Gasteiger partial charge in [-0.2, -0.15) is 0 Å². The molecule has 0 saturated carbocycles. The van der Waals surface area contributed by atoms with Gasteiger partial charge in [-0.15, -0.1) is 0 Å². The van der Waals surface area contributed by atoms with Gasteiger partial charge in [0.15, 0.2) is 5.78 Å². The standard InChI is InChI=1S/C29H26N2O3/c32-28-24-10-4-3-9-23(24)27-26(28)22-8-2-5-11-25(22)29(33)31(27)20-12-14-21(15-13-20)34-19-18-30-16-6-1-7-17-30/h2-5,8-15H,1,6-7,16-19H2. The van der Waals surface area contributed by atoms with Gasteiger partial charge in [0.2, 0.25) is 0 Å². The van der Waals surface area contributed by atoms with E-state index in [9.17, 15) is 9.59 Å². The lowest BCUT2D eigenvalue weighted by Crippen LogP contribution is -2.33. The van der Waals surface area contributed by atoms with Gasteiger partial charge in [0, 0.05) is 34.1 Å². The minimum atomic E-state index is -0.127. The SMILES string of the molecule is O=C1c2ccccc2-c2c1c1ccccc1c(=O)n2-c1ccc(OCCN2CCCCC2)cc1. The number of aromatic nitrogens is 1. The highest BCUT2D eigenvalue weighted by Gasteiger charge is 2.32. The summed E-state index contributed by atoms with van der Waals surface area (Å²) in [7, 11) is 0. The van der Waals surface area contributed by atoms with Crippen LogP contribution in [0.5, 0.6) is 5.75 Å². The average molecular weight is 451 g/mol. The van der Waals surface area contributed by atoms with Crippen LogP contribution in [0, 0.1) is 0 Å². The Labute approximate surface area is 198 Å². The lowest BCUT2D eigenvalue weighted by atomic mass is 10.0. The smallest absolute Gasteiger partial charge is 0.263 e. The van der Waals surface area contributed by atoms with Gasteiger partial charge in [-0.1, -0.05) is 48.9 Å². The molecule has 0 bridgehead atoms. The molecule has 170 valence electrons. The number of piperidine rings is 1. The highest BCUT2D eigenvalue weighted by molar-refractivity contribution is 6.26. The summed E-state index contributed by atoms with van der Waals surface area (Å²) in [5.41, 5.74) is 3.30. The van der Waals surface area contributed by atoms with Crippen molar-refractivity contribution in [1.29, 1.82) is 0 Å². The van der Waals surface area contributed by atoms with E-state index in [0.29, 0.717) is 34.2 Å². The van der Waals surface area contributed by atoms with Crippen LogP contribution in [0.15, 0.2) is 77.6 Å². The number of benzene rings is 3. The van der Waals surface area contributed by atoms with Gasteiger partial charge in [-0.3, -0.25) is 19.1 Å². The molecule has 5 nitrogen and oxygen atoms in total. The van der Waals surface area contributed by atoms with Crippen molar-refractivity contribution in [2.24, 2.45) is 0 Å². The minimum Gasteiger partial charge on any atom is -0.492 e. The molecule has 0 unspecified atom stereocenters. The minimum absolute atomic E-state index is 0.0341. The van der Waals surface area contributed by atoms with E-state index in [2.05, 4.69) is 4.90 Å². The quantitative estimate of drug-likeness (QED) is 0.375. The van der Waals surface area contributed by atoms with Crippen LogP contribution in [0.3, 0.4) is 0 Å². The van der Waals surface area contributed by atoms with Gasteiger partial charge in [0.1, 0.15) is 12.4 Å². The first-order valence-corrected chi connectivity index (χ1v) is 12.0. The number of fused-ring (bicyclic) bond motifs is 5. The molecule has 0 N–H and O–H groups in total. The molecular weight excluding hydrogens is 424 g/mol. The van der Waals surface area contributed by atoms with Crippen LogP contribution >= 0.6 is 0 Å². The van der Waals surface area contributed by atoms with Crippen LogP contribution < -0.4 is 10.3 Å². The molecule has 1 aromatic heterocycles. The fourth-order valence-electron chi connectivity index (χ4n) is 5.27. The molecule has 2 aliphatic rings. The van der Waals surface area contributed by atoms with Gasteiger partial charge in [0.05, 0.1) is 11.3 Å². The molecule has 1 saturated heterocycles. The molecule has 34 heavy (non-hydrogen) atoms. The predicted octanol–water partition coefficient (Wildman–Crippen LogP) is 5.07. The average Bonchev–Trinajstić information content (AvgIpc) is 3.18. The summed E-state index contributed by atoms with van der Waals surface area (Å²) in [5.74, 6) is 0.746. The van der Waals surface area contributed by atoms with Crippen molar-refractivity contribution in [1.82, 2.24) is 9.47 Å². The number of carbonyl (C=O) groups is 1. The monoisotopic (exact) mass is 450 g/mol. The van der Waals surface area contributed by atoms with E-state index < -0.39 is 0 Å². The summed E-state index contributed by atoms with van der Waals surface area (Å²) < 4.78 is 7.66. The second-order valence-electron chi connectivity index (χ2n) is 9.03. The molecule has 3 aromatic carbocycles. The predicted molar refractivity (Wildman–Crippen MR) is 134 cm³/mol. The van der Waals surface area contributed by atoms with E-state index in [0.717, 1.165) is 36.6 Å². The van der Waals surface area contributed by atoms with Crippen molar-refractivity contribution in [2.75, 3.05) is 26.2 Å². The highest BCUT2D eigenvalue weighted by atomic mass is 16.5. The van der Waals surface area contributed by atoms with Crippen LogP contribution in [-0.2, 0) is 0 Å². The Balaban J connectivity index is 1.38. The van der Waals surface area contributed by atoms with Gasteiger partial charge in [-0.05, 0) is 56.3 Å². The fourth-order valence-corrected chi connectivity index (χ4v) is 5.27. The first-order valence-electron chi connectivity index (χ1n) is 12.0. The van der Waals surface area contributed by atoms with Gasteiger partial charge in [-0.25, -0.2) is 0 Å². The molecule has 1 fully saturated rings. The van der Waals surface area contributed by atoms with E-state index in [1.165, 1.54) is 19.3 Å². The summed E-state index contributed by atoms with van der Waals surface area (Å²) >= 11 is 0. The zero-order valence-corrected chi connectivity index (χ0v) is 19.0.